The van der Waals surface area contributed by atoms with Crippen molar-refractivity contribution in [2.24, 2.45) is 17.8 Å². The van der Waals surface area contributed by atoms with Crippen LogP contribution in [0.25, 0.3) is 0 Å². The number of aromatic nitrogens is 2. The number of nitrogens with zero attached hydrogens (tertiary/aromatic N) is 1. The van der Waals surface area contributed by atoms with Gasteiger partial charge in [-0.15, -0.1) is 0 Å². The first kappa shape index (κ1) is 8.79. The molecule has 3 aliphatic rings. The normalized spacial score (nSPS) is 34.6. The first-order chi connectivity index (χ1) is 7.75. The quantitative estimate of drug-likeness (QED) is 0.812. The van der Waals surface area contributed by atoms with Crippen molar-refractivity contribution in [3.63, 3.8) is 0 Å². The molecule has 2 N–H and O–H groups in total. The number of aromatic carboxylic acids is 1. The first-order valence-corrected chi connectivity index (χ1v) is 6.06. The third-order valence-corrected chi connectivity index (χ3v) is 4.51. The van der Waals surface area contributed by atoms with E-state index in [9.17, 15) is 4.79 Å². The lowest BCUT2D eigenvalue weighted by atomic mass is 10.0. The SMILES string of the molecule is O=C(O)c1n[nH]c2c1C[C@H]1[C@@H](CC3CC3)[C@@H]21. The Hall–Kier alpha value is -1.32. The molecular weight excluding hydrogens is 204 g/mol. The van der Waals surface area contributed by atoms with E-state index in [1.54, 1.807) is 0 Å². The second-order valence-corrected chi connectivity index (χ2v) is 5.51. The van der Waals surface area contributed by atoms with Gasteiger partial charge in [0.05, 0.1) is 0 Å². The second-order valence-electron chi connectivity index (χ2n) is 5.51. The summed E-state index contributed by atoms with van der Waals surface area (Å²) in [4.78, 5) is 10.9. The number of nitrogens with one attached hydrogen (secondary N) is 1. The van der Waals surface area contributed by atoms with Gasteiger partial charge in [-0.1, -0.05) is 12.8 Å². The van der Waals surface area contributed by atoms with Crippen LogP contribution in [0.3, 0.4) is 0 Å². The molecule has 4 rings (SSSR count). The summed E-state index contributed by atoms with van der Waals surface area (Å²) in [6.45, 7) is 0. The van der Waals surface area contributed by atoms with Gasteiger partial charge in [-0.2, -0.15) is 5.10 Å². The van der Waals surface area contributed by atoms with Crippen molar-refractivity contribution >= 4 is 5.97 Å². The van der Waals surface area contributed by atoms with E-state index in [4.69, 9.17) is 5.11 Å². The minimum absolute atomic E-state index is 0.257. The van der Waals surface area contributed by atoms with Crippen LogP contribution in [0, 0.1) is 17.8 Å². The van der Waals surface area contributed by atoms with Crippen LogP contribution in [0.1, 0.15) is 46.9 Å². The summed E-state index contributed by atoms with van der Waals surface area (Å²) in [5.74, 6) is 2.24. The average Bonchev–Trinajstić information content (AvgIpc) is 3.07. The molecule has 1 heterocycles. The van der Waals surface area contributed by atoms with Crippen LogP contribution in [-0.4, -0.2) is 21.3 Å². The number of aromatic amines is 1. The van der Waals surface area contributed by atoms with E-state index in [-0.39, 0.29) is 5.69 Å². The maximum absolute atomic E-state index is 10.9. The molecule has 3 aliphatic carbocycles. The number of H-pyrrole nitrogens is 1. The topological polar surface area (TPSA) is 66.0 Å². The lowest BCUT2D eigenvalue weighted by Gasteiger charge is -2.02. The summed E-state index contributed by atoms with van der Waals surface area (Å²) in [5, 5.41) is 15.8. The zero-order valence-electron chi connectivity index (χ0n) is 8.94. The monoisotopic (exact) mass is 218 g/mol. The Kier molecular flexibility index (Phi) is 1.47. The van der Waals surface area contributed by atoms with Gasteiger partial charge >= 0.3 is 5.97 Å². The summed E-state index contributed by atoms with van der Waals surface area (Å²) in [7, 11) is 0. The molecule has 1 aromatic heterocycles. The minimum Gasteiger partial charge on any atom is -0.476 e. The van der Waals surface area contributed by atoms with Crippen molar-refractivity contribution in [3.05, 3.63) is 17.0 Å². The molecule has 4 nitrogen and oxygen atoms in total. The van der Waals surface area contributed by atoms with E-state index in [0.717, 1.165) is 35.4 Å². The second kappa shape index (κ2) is 2.67. The van der Waals surface area contributed by atoms with E-state index >= 15 is 0 Å². The van der Waals surface area contributed by atoms with Gasteiger partial charge in [0.15, 0.2) is 5.69 Å². The molecule has 84 valence electrons. The Balaban J connectivity index is 1.60. The summed E-state index contributed by atoms with van der Waals surface area (Å²) in [6, 6.07) is 0. The van der Waals surface area contributed by atoms with Crippen molar-refractivity contribution < 1.29 is 9.90 Å². The van der Waals surface area contributed by atoms with Gasteiger partial charge in [-0.3, -0.25) is 5.10 Å². The van der Waals surface area contributed by atoms with Crippen LogP contribution in [0.2, 0.25) is 0 Å². The summed E-state index contributed by atoms with van der Waals surface area (Å²) >= 11 is 0. The fraction of sp³-hybridized carbons (Fsp3) is 0.667. The van der Waals surface area contributed by atoms with Gasteiger partial charge in [0.2, 0.25) is 0 Å². The number of carboxylic acids is 1. The van der Waals surface area contributed by atoms with Crippen molar-refractivity contribution in [2.45, 2.75) is 31.6 Å². The Morgan fingerprint density at radius 3 is 3.00 bits per heavy atom. The van der Waals surface area contributed by atoms with Gasteiger partial charge in [0.25, 0.3) is 0 Å². The van der Waals surface area contributed by atoms with Crippen molar-refractivity contribution in [2.75, 3.05) is 0 Å². The maximum atomic E-state index is 10.9. The lowest BCUT2D eigenvalue weighted by molar-refractivity contribution is 0.0689. The maximum Gasteiger partial charge on any atom is 0.356 e. The molecule has 0 bridgehead atoms. The molecule has 1 aromatic rings. The minimum atomic E-state index is -0.891. The highest BCUT2D eigenvalue weighted by atomic mass is 16.4. The Morgan fingerprint density at radius 2 is 2.31 bits per heavy atom. The summed E-state index contributed by atoms with van der Waals surface area (Å²) in [5.41, 5.74) is 2.37. The molecule has 0 unspecified atom stereocenters. The average molecular weight is 218 g/mol. The molecule has 4 heteroatoms. The smallest absolute Gasteiger partial charge is 0.356 e. The number of carboxylic acid groups (broad SMARTS) is 1. The summed E-state index contributed by atoms with van der Waals surface area (Å²) in [6.07, 6.45) is 5.12. The fourth-order valence-corrected chi connectivity index (χ4v) is 3.48. The lowest BCUT2D eigenvalue weighted by Crippen LogP contribution is -2.02. The highest BCUT2D eigenvalue weighted by Gasteiger charge is 2.58. The predicted octanol–water partition coefficient (Wildman–Crippen LogP) is 1.79. The Labute approximate surface area is 93.1 Å². The number of fused-ring (bicyclic) bond motifs is 3. The van der Waals surface area contributed by atoms with Gasteiger partial charge in [-0.25, -0.2) is 4.79 Å². The fourth-order valence-electron chi connectivity index (χ4n) is 3.48. The zero-order chi connectivity index (χ0) is 10.9. The molecule has 3 atom stereocenters. The zero-order valence-corrected chi connectivity index (χ0v) is 8.94. The molecule has 2 fully saturated rings. The van der Waals surface area contributed by atoms with Crippen LogP contribution in [0.15, 0.2) is 0 Å². The molecule has 0 amide bonds. The van der Waals surface area contributed by atoms with Crippen molar-refractivity contribution in [3.8, 4) is 0 Å². The van der Waals surface area contributed by atoms with Crippen LogP contribution < -0.4 is 0 Å². The Morgan fingerprint density at radius 1 is 1.50 bits per heavy atom. The van der Waals surface area contributed by atoms with E-state index in [2.05, 4.69) is 10.2 Å². The third kappa shape index (κ3) is 1.05. The largest absolute Gasteiger partial charge is 0.476 e. The highest BCUT2D eigenvalue weighted by Crippen LogP contribution is 2.64. The number of hydrogen-bond donors (Lipinski definition) is 2. The van der Waals surface area contributed by atoms with Gasteiger partial charge in [-0.05, 0) is 30.6 Å². The van der Waals surface area contributed by atoms with Gasteiger partial charge in [0, 0.05) is 17.2 Å². The van der Waals surface area contributed by atoms with Crippen molar-refractivity contribution in [1.29, 1.82) is 0 Å². The highest BCUT2D eigenvalue weighted by molar-refractivity contribution is 5.87. The molecule has 0 saturated heterocycles. The standard InChI is InChI=1S/C12H14N2O2/c15-12(16)11-8-4-7-6(3-5-1-2-5)9(7)10(8)13-14-11/h5-7,9H,1-4H2,(H,13,14)(H,15,16)/t6-,7+,9-/m1/s1. The van der Waals surface area contributed by atoms with Crippen molar-refractivity contribution in [1.82, 2.24) is 10.2 Å². The van der Waals surface area contributed by atoms with E-state index in [0.29, 0.717) is 5.92 Å². The summed E-state index contributed by atoms with van der Waals surface area (Å²) < 4.78 is 0. The third-order valence-electron chi connectivity index (χ3n) is 4.51. The van der Waals surface area contributed by atoms with Crippen LogP contribution in [-0.2, 0) is 6.42 Å². The molecule has 0 aromatic carbocycles. The molecular formula is C12H14N2O2. The van der Waals surface area contributed by atoms with E-state index < -0.39 is 5.97 Å². The number of rotatable bonds is 3. The number of hydrogen-bond acceptors (Lipinski definition) is 2. The van der Waals surface area contributed by atoms with E-state index in [1.807, 2.05) is 0 Å². The molecule has 16 heavy (non-hydrogen) atoms. The van der Waals surface area contributed by atoms with Gasteiger partial charge in [0.1, 0.15) is 0 Å². The van der Waals surface area contributed by atoms with Crippen LogP contribution in [0.4, 0.5) is 0 Å². The Bertz CT molecular complexity index is 475. The van der Waals surface area contributed by atoms with Crippen LogP contribution >= 0.6 is 0 Å². The predicted molar refractivity (Wildman–Crippen MR) is 56.3 cm³/mol. The molecule has 0 spiro atoms. The molecule has 2 saturated carbocycles. The van der Waals surface area contributed by atoms with Crippen LogP contribution in [0.5, 0.6) is 0 Å². The van der Waals surface area contributed by atoms with Gasteiger partial charge < -0.3 is 5.11 Å². The number of carbonyl (C=O) groups is 1. The van der Waals surface area contributed by atoms with E-state index in [1.165, 1.54) is 19.3 Å². The molecule has 0 aliphatic heterocycles. The first-order valence-electron chi connectivity index (χ1n) is 6.06. The molecule has 0 radical (unpaired) electrons.